The van der Waals surface area contributed by atoms with E-state index in [9.17, 15) is 0 Å². The van der Waals surface area contributed by atoms with E-state index in [1.807, 2.05) is 0 Å². The smallest absolute Gasteiger partial charge is 0.0718 e. The molecule has 0 saturated carbocycles. The third-order valence-electron chi connectivity index (χ3n) is 5.31. The molecular formula is C20H42N4O3. The number of morpholine rings is 2. The molecule has 0 bridgehead atoms. The Kier molecular flexibility index (Phi) is 11.1. The Bertz CT molecular complexity index is 338. The van der Waals surface area contributed by atoms with Crippen molar-refractivity contribution in [3.8, 4) is 0 Å². The summed E-state index contributed by atoms with van der Waals surface area (Å²) in [6, 6.07) is 0. The molecule has 0 spiro atoms. The molecule has 0 aliphatic carbocycles. The van der Waals surface area contributed by atoms with Gasteiger partial charge in [-0.15, -0.1) is 0 Å². The van der Waals surface area contributed by atoms with Crippen LogP contribution in [-0.2, 0) is 14.2 Å². The van der Waals surface area contributed by atoms with Crippen LogP contribution in [0.25, 0.3) is 0 Å². The first kappa shape index (κ1) is 23.0. The molecule has 2 saturated heterocycles. The zero-order chi connectivity index (χ0) is 19.5. The monoisotopic (exact) mass is 386 g/mol. The van der Waals surface area contributed by atoms with Gasteiger partial charge in [0.25, 0.3) is 0 Å². The summed E-state index contributed by atoms with van der Waals surface area (Å²) in [6.45, 7) is 11.6. The molecule has 7 nitrogen and oxygen atoms in total. The molecule has 0 aromatic carbocycles. The lowest BCUT2D eigenvalue weighted by Crippen LogP contribution is -2.46. The van der Waals surface area contributed by atoms with Crippen LogP contribution in [0.5, 0.6) is 0 Å². The largest absolute Gasteiger partial charge is 0.379 e. The van der Waals surface area contributed by atoms with Crippen LogP contribution in [0.2, 0.25) is 0 Å². The maximum absolute atomic E-state index is 6.74. The highest BCUT2D eigenvalue weighted by Crippen LogP contribution is 2.13. The fourth-order valence-corrected chi connectivity index (χ4v) is 3.62. The van der Waals surface area contributed by atoms with E-state index in [0.717, 1.165) is 91.6 Å². The summed E-state index contributed by atoms with van der Waals surface area (Å²) in [4.78, 5) is 9.52. The lowest BCUT2D eigenvalue weighted by atomic mass is 10.1. The van der Waals surface area contributed by atoms with E-state index >= 15 is 0 Å². The molecule has 0 radical (unpaired) electrons. The molecule has 160 valence electrons. The lowest BCUT2D eigenvalue weighted by molar-refractivity contribution is -0.0723. The summed E-state index contributed by atoms with van der Waals surface area (Å²) in [5.74, 6) is 0. The second kappa shape index (κ2) is 13.0. The first-order valence-corrected chi connectivity index (χ1v) is 10.6. The Morgan fingerprint density at radius 2 is 1.07 bits per heavy atom. The molecule has 2 unspecified atom stereocenters. The summed E-state index contributed by atoms with van der Waals surface area (Å²) < 4.78 is 17.8. The number of nitrogens with zero attached hydrogens (tertiary/aromatic N) is 4. The van der Waals surface area contributed by atoms with Gasteiger partial charge >= 0.3 is 0 Å². The molecule has 0 N–H and O–H groups in total. The minimum Gasteiger partial charge on any atom is -0.379 e. The van der Waals surface area contributed by atoms with E-state index in [0.29, 0.717) is 0 Å². The van der Waals surface area contributed by atoms with Crippen molar-refractivity contribution in [2.45, 2.75) is 25.0 Å². The van der Waals surface area contributed by atoms with E-state index in [-0.39, 0.29) is 12.2 Å². The summed E-state index contributed by atoms with van der Waals surface area (Å²) >= 11 is 0. The molecular weight excluding hydrogens is 344 g/mol. The minimum absolute atomic E-state index is 0.277. The van der Waals surface area contributed by atoms with Crippen molar-refractivity contribution in [3.05, 3.63) is 0 Å². The van der Waals surface area contributed by atoms with Gasteiger partial charge in [0.15, 0.2) is 0 Å². The van der Waals surface area contributed by atoms with Crippen LogP contribution in [0.3, 0.4) is 0 Å². The third kappa shape index (κ3) is 10.2. The zero-order valence-electron chi connectivity index (χ0n) is 18.1. The van der Waals surface area contributed by atoms with Crippen molar-refractivity contribution in [1.82, 2.24) is 19.6 Å². The Hall–Kier alpha value is -0.280. The minimum atomic E-state index is 0.277. The summed E-state index contributed by atoms with van der Waals surface area (Å²) in [5.41, 5.74) is 0. The Morgan fingerprint density at radius 1 is 0.704 bits per heavy atom. The van der Waals surface area contributed by atoms with Gasteiger partial charge in [-0.1, -0.05) is 0 Å². The standard InChI is InChI=1S/C20H42N4O3/c1-21(2)7-5-19(17-23-9-13-25-14-10-23)27-20(6-8-22(3)4)18-24-11-15-26-16-12-24/h19-20H,5-18H2,1-4H3. The van der Waals surface area contributed by atoms with Crippen LogP contribution in [0.4, 0.5) is 0 Å². The Labute approximate surface area is 166 Å². The van der Waals surface area contributed by atoms with Crippen molar-refractivity contribution in [3.63, 3.8) is 0 Å². The Balaban J connectivity index is 1.91. The van der Waals surface area contributed by atoms with Crippen LogP contribution in [0.15, 0.2) is 0 Å². The highest BCUT2D eigenvalue weighted by Gasteiger charge is 2.24. The van der Waals surface area contributed by atoms with Gasteiger partial charge < -0.3 is 24.0 Å². The average Bonchev–Trinajstić information content (AvgIpc) is 2.65. The first-order valence-electron chi connectivity index (χ1n) is 10.6. The number of rotatable bonds is 12. The molecule has 27 heavy (non-hydrogen) atoms. The summed E-state index contributed by atoms with van der Waals surface area (Å²) in [7, 11) is 8.57. The Morgan fingerprint density at radius 3 is 1.41 bits per heavy atom. The van der Waals surface area contributed by atoms with Crippen LogP contribution >= 0.6 is 0 Å². The number of ether oxygens (including phenoxy) is 3. The third-order valence-corrected chi connectivity index (χ3v) is 5.31. The zero-order valence-corrected chi connectivity index (χ0v) is 18.1. The van der Waals surface area contributed by atoms with Crippen molar-refractivity contribution in [2.24, 2.45) is 0 Å². The van der Waals surface area contributed by atoms with Crippen molar-refractivity contribution in [2.75, 3.05) is 107 Å². The van der Waals surface area contributed by atoms with Gasteiger partial charge in [0.1, 0.15) is 0 Å². The fourth-order valence-electron chi connectivity index (χ4n) is 3.62. The fraction of sp³-hybridized carbons (Fsp3) is 1.00. The topological polar surface area (TPSA) is 40.7 Å². The lowest BCUT2D eigenvalue weighted by Gasteiger charge is -2.35. The highest BCUT2D eigenvalue weighted by atomic mass is 16.5. The van der Waals surface area contributed by atoms with Crippen molar-refractivity contribution >= 4 is 0 Å². The molecule has 2 fully saturated rings. The van der Waals surface area contributed by atoms with Crippen LogP contribution in [-0.4, -0.2) is 139 Å². The van der Waals surface area contributed by atoms with Gasteiger partial charge in [0, 0.05) is 52.4 Å². The molecule has 2 atom stereocenters. The molecule has 0 aromatic rings. The van der Waals surface area contributed by atoms with Crippen molar-refractivity contribution in [1.29, 1.82) is 0 Å². The van der Waals surface area contributed by atoms with Crippen molar-refractivity contribution < 1.29 is 14.2 Å². The first-order chi connectivity index (χ1) is 13.0. The number of hydrogen-bond donors (Lipinski definition) is 0. The second-order valence-corrected chi connectivity index (χ2v) is 8.39. The molecule has 2 rings (SSSR count). The van der Waals surface area contributed by atoms with Crippen LogP contribution in [0.1, 0.15) is 12.8 Å². The van der Waals surface area contributed by atoms with Gasteiger partial charge in [-0.25, -0.2) is 0 Å². The van der Waals surface area contributed by atoms with E-state index in [2.05, 4.69) is 47.8 Å². The molecule has 2 aliphatic rings. The molecule has 0 aromatic heterocycles. The van der Waals surface area contributed by atoms with E-state index < -0.39 is 0 Å². The van der Waals surface area contributed by atoms with E-state index in [1.165, 1.54) is 0 Å². The van der Waals surface area contributed by atoms with Gasteiger partial charge in [0.05, 0.1) is 38.6 Å². The second-order valence-electron chi connectivity index (χ2n) is 8.39. The normalized spacial score (nSPS) is 22.4. The summed E-state index contributed by atoms with van der Waals surface area (Å²) in [6.07, 6.45) is 2.70. The van der Waals surface area contributed by atoms with E-state index in [4.69, 9.17) is 14.2 Å². The average molecular weight is 387 g/mol. The molecule has 7 heteroatoms. The predicted molar refractivity (Wildman–Crippen MR) is 110 cm³/mol. The highest BCUT2D eigenvalue weighted by molar-refractivity contribution is 4.75. The van der Waals surface area contributed by atoms with Gasteiger partial charge in [0.2, 0.25) is 0 Å². The van der Waals surface area contributed by atoms with Gasteiger partial charge in [-0.05, 0) is 41.0 Å². The van der Waals surface area contributed by atoms with Crippen LogP contribution < -0.4 is 0 Å². The van der Waals surface area contributed by atoms with Crippen LogP contribution in [0, 0.1) is 0 Å². The maximum Gasteiger partial charge on any atom is 0.0718 e. The molecule has 0 amide bonds. The molecule has 2 aliphatic heterocycles. The maximum atomic E-state index is 6.74. The SMILES string of the molecule is CN(C)CCC(CN1CCOCC1)OC(CCN(C)C)CN1CCOCC1. The predicted octanol–water partition coefficient (Wildman–Crippen LogP) is 0.308. The van der Waals surface area contributed by atoms with Gasteiger partial charge in [-0.3, -0.25) is 9.80 Å². The van der Waals surface area contributed by atoms with Gasteiger partial charge in [-0.2, -0.15) is 0 Å². The summed E-state index contributed by atoms with van der Waals surface area (Å²) in [5, 5.41) is 0. The van der Waals surface area contributed by atoms with E-state index in [1.54, 1.807) is 0 Å². The molecule has 2 heterocycles. The quantitative estimate of drug-likeness (QED) is 0.478. The number of hydrogen-bond acceptors (Lipinski definition) is 7.